The molecule has 2 aliphatic carbocycles. The number of sulfonamides is 1. The molecule has 2 fully saturated rings. The first-order valence-electron chi connectivity index (χ1n) is 13.1. The van der Waals surface area contributed by atoms with Crippen LogP contribution >= 0.6 is 0 Å². The second kappa shape index (κ2) is 8.59. The van der Waals surface area contributed by atoms with Crippen molar-refractivity contribution in [3.8, 4) is 5.75 Å². The normalized spacial score (nSPS) is 29.1. The van der Waals surface area contributed by atoms with Crippen LogP contribution < -0.4 is 4.72 Å². The van der Waals surface area contributed by atoms with Gasteiger partial charge in [0.05, 0.1) is 4.90 Å². The van der Waals surface area contributed by atoms with Crippen LogP contribution in [0, 0.1) is 25.2 Å². The first-order valence-corrected chi connectivity index (χ1v) is 14.5. The van der Waals surface area contributed by atoms with E-state index in [2.05, 4.69) is 31.6 Å². The van der Waals surface area contributed by atoms with Gasteiger partial charge in [-0.2, -0.15) is 0 Å². The summed E-state index contributed by atoms with van der Waals surface area (Å²) >= 11 is 0. The highest BCUT2D eigenvalue weighted by atomic mass is 32.2. The molecule has 1 aliphatic heterocycles. The molecule has 2 aromatic rings. The van der Waals surface area contributed by atoms with Crippen LogP contribution in [0.15, 0.2) is 41.3 Å². The number of amides is 1. The first kappa shape index (κ1) is 25.3. The van der Waals surface area contributed by atoms with Gasteiger partial charge in [0.15, 0.2) is 0 Å². The number of nitrogens with zero attached hydrogens (tertiary/aromatic N) is 1. The molecular formula is C29H38N2O4S. The summed E-state index contributed by atoms with van der Waals surface area (Å²) in [6.45, 7) is 11.2. The fourth-order valence-electron chi connectivity index (χ4n) is 7.02. The van der Waals surface area contributed by atoms with E-state index in [1.165, 1.54) is 5.56 Å². The minimum atomic E-state index is -3.65. The van der Waals surface area contributed by atoms with E-state index in [4.69, 9.17) is 0 Å². The molecule has 2 bridgehead atoms. The minimum absolute atomic E-state index is 0.00441. The van der Waals surface area contributed by atoms with E-state index in [0.717, 1.165) is 23.1 Å². The predicted octanol–water partition coefficient (Wildman–Crippen LogP) is 4.60. The molecule has 1 amide bonds. The van der Waals surface area contributed by atoms with Gasteiger partial charge in [0.1, 0.15) is 5.75 Å². The Hall–Kier alpha value is -2.38. The fraction of sp³-hybridized carbons (Fsp3) is 0.552. The molecule has 5 rings (SSSR count). The molecule has 2 aromatic carbocycles. The van der Waals surface area contributed by atoms with Gasteiger partial charge in [0.25, 0.3) is 0 Å². The Labute approximate surface area is 215 Å². The van der Waals surface area contributed by atoms with Crippen LogP contribution in [0.25, 0.3) is 0 Å². The number of phenols is 1. The lowest BCUT2D eigenvalue weighted by Crippen LogP contribution is -2.65. The summed E-state index contributed by atoms with van der Waals surface area (Å²) in [5.41, 5.74) is 3.52. The zero-order valence-electron chi connectivity index (χ0n) is 22.0. The van der Waals surface area contributed by atoms with Crippen LogP contribution in [0.4, 0.5) is 0 Å². The summed E-state index contributed by atoms with van der Waals surface area (Å²) in [6, 6.07) is 11.0. The van der Waals surface area contributed by atoms with Gasteiger partial charge in [-0.05, 0) is 85.8 Å². The smallest absolute Gasteiger partial charge is 0.241 e. The maximum atomic E-state index is 13.9. The first-order chi connectivity index (χ1) is 16.8. The van der Waals surface area contributed by atoms with Crippen molar-refractivity contribution in [2.75, 3.05) is 6.54 Å². The Kier molecular flexibility index (Phi) is 6.03. The lowest BCUT2D eigenvalue weighted by molar-refractivity contribution is -0.148. The van der Waals surface area contributed by atoms with Crippen LogP contribution in [0.5, 0.6) is 5.75 Å². The molecule has 7 heteroatoms. The van der Waals surface area contributed by atoms with Crippen LogP contribution in [0.2, 0.25) is 0 Å². The molecule has 4 atom stereocenters. The van der Waals surface area contributed by atoms with E-state index < -0.39 is 10.0 Å². The van der Waals surface area contributed by atoms with Crippen molar-refractivity contribution in [3.05, 3.63) is 58.7 Å². The summed E-state index contributed by atoms with van der Waals surface area (Å²) in [7, 11) is -3.65. The van der Waals surface area contributed by atoms with Gasteiger partial charge in [-0.3, -0.25) is 4.79 Å². The Morgan fingerprint density at radius 1 is 1.11 bits per heavy atom. The molecule has 3 aliphatic rings. The maximum absolute atomic E-state index is 13.9. The molecule has 6 nitrogen and oxygen atoms in total. The van der Waals surface area contributed by atoms with Gasteiger partial charge >= 0.3 is 0 Å². The lowest BCUT2D eigenvalue weighted by atomic mass is 9.51. The summed E-state index contributed by atoms with van der Waals surface area (Å²) in [5.74, 6) is 0.250. The molecule has 1 heterocycles. The lowest BCUT2D eigenvalue weighted by Gasteiger charge is -2.61. The third kappa shape index (κ3) is 3.86. The minimum Gasteiger partial charge on any atom is -0.508 e. The average molecular weight is 511 g/mol. The number of fused-ring (bicyclic) bond motifs is 4. The number of aromatic hydroxyl groups is 1. The number of carbonyl (C=O) groups excluding carboxylic acids is 1. The standard InChI is InChI=1S/C29H38N2O4S/c1-18-9-10-19(2)25(15-18)36(34,35)30-21-12-11-20(16-21)27(33)31-14-13-29(5)23-7-6-8-24(32)22(23)17-26(31)28(29,3)4/h6-10,15,20-21,26,30,32H,11-14,16-17H2,1-5H3/t20-,21?,26-,29+/m1/s1. The number of carbonyl (C=O) groups is 1. The zero-order valence-corrected chi connectivity index (χ0v) is 22.8. The zero-order chi connectivity index (χ0) is 26.0. The Balaban J connectivity index is 1.34. The molecule has 0 aromatic heterocycles. The highest BCUT2D eigenvalue weighted by Gasteiger charge is 2.57. The quantitative estimate of drug-likeness (QED) is 0.630. The van der Waals surface area contributed by atoms with Crippen molar-refractivity contribution in [2.45, 2.75) is 89.1 Å². The maximum Gasteiger partial charge on any atom is 0.241 e. The number of hydrogen-bond donors (Lipinski definition) is 2. The van der Waals surface area contributed by atoms with Gasteiger partial charge in [-0.15, -0.1) is 0 Å². The summed E-state index contributed by atoms with van der Waals surface area (Å²) in [6.07, 6.45) is 3.34. The molecule has 1 saturated carbocycles. The highest BCUT2D eigenvalue weighted by Crippen LogP contribution is 2.57. The molecule has 1 saturated heterocycles. The second-order valence-electron chi connectivity index (χ2n) is 12.0. The van der Waals surface area contributed by atoms with E-state index in [1.54, 1.807) is 19.1 Å². The highest BCUT2D eigenvalue weighted by molar-refractivity contribution is 7.89. The van der Waals surface area contributed by atoms with Crippen LogP contribution in [-0.4, -0.2) is 43.0 Å². The third-order valence-corrected chi connectivity index (χ3v) is 11.3. The Bertz CT molecular complexity index is 1320. The number of nitrogens with one attached hydrogen (secondary N) is 1. The average Bonchev–Trinajstić information content (AvgIpc) is 3.25. The van der Waals surface area contributed by atoms with Gasteiger partial charge in [0.2, 0.25) is 15.9 Å². The van der Waals surface area contributed by atoms with Crippen LogP contribution in [0.1, 0.15) is 68.7 Å². The van der Waals surface area contributed by atoms with Gasteiger partial charge in [0, 0.05) is 30.0 Å². The molecule has 0 spiro atoms. The third-order valence-electron chi connectivity index (χ3n) is 9.65. The van der Waals surface area contributed by atoms with E-state index in [0.29, 0.717) is 42.9 Å². The van der Waals surface area contributed by atoms with Crippen molar-refractivity contribution < 1.29 is 18.3 Å². The summed E-state index contributed by atoms with van der Waals surface area (Å²) in [5, 5.41) is 10.6. The molecule has 194 valence electrons. The van der Waals surface area contributed by atoms with E-state index >= 15 is 0 Å². The summed E-state index contributed by atoms with van der Waals surface area (Å²) in [4.78, 5) is 16.2. The SMILES string of the molecule is Cc1ccc(C)c(S(=O)(=O)NC2CC[C@@H](C(=O)N3CC[C@@]4(C)c5cccc(O)c5C[C@@H]3C4(C)C)C2)c1. The van der Waals surface area contributed by atoms with Gasteiger partial charge in [-0.25, -0.2) is 13.1 Å². The van der Waals surface area contributed by atoms with Gasteiger partial charge < -0.3 is 10.0 Å². The predicted molar refractivity (Wildman–Crippen MR) is 140 cm³/mol. The number of rotatable bonds is 4. The number of hydrogen-bond acceptors (Lipinski definition) is 4. The monoisotopic (exact) mass is 510 g/mol. The van der Waals surface area contributed by atoms with Crippen molar-refractivity contribution >= 4 is 15.9 Å². The van der Waals surface area contributed by atoms with Crippen LogP contribution in [0.3, 0.4) is 0 Å². The molecule has 36 heavy (non-hydrogen) atoms. The number of aryl methyl sites for hydroxylation is 2. The number of piperidine rings is 1. The van der Waals surface area contributed by atoms with E-state index in [9.17, 15) is 18.3 Å². The molecule has 1 unspecified atom stereocenters. The molecular weight excluding hydrogens is 472 g/mol. The Morgan fingerprint density at radius 3 is 2.61 bits per heavy atom. The number of phenolic OH excluding ortho intramolecular Hbond substituents is 1. The number of likely N-dealkylation sites (tertiary alicyclic amines) is 1. The van der Waals surface area contributed by atoms with Crippen molar-refractivity contribution in [1.82, 2.24) is 9.62 Å². The van der Waals surface area contributed by atoms with Crippen LogP contribution in [-0.2, 0) is 26.7 Å². The summed E-state index contributed by atoms with van der Waals surface area (Å²) < 4.78 is 29.1. The van der Waals surface area contributed by atoms with Crippen molar-refractivity contribution in [1.29, 1.82) is 0 Å². The van der Waals surface area contributed by atoms with Crippen molar-refractivity contribution in [3.63, 3.8) is 0 Å². The number of benzene rings is 2. The molecule has 0 radical (unpaired) electrons. The Morgan fingerprint density at radius 2 is 1.86 bits per heavy atom. The molecule has 2 N–H and O–H groups in total. The fourth-order valence-corrected chi connectivity index (χ4v) is 8.63. The topological polar surface area (TPSA) is 86.7 Å². The second-order valence-corrected chi connectivity index (χ2v) is 13.6. The largest absolute Gasteiger partial charge is 0.508 e. The van der Waals surface area contributed by atoms with Crippen molar-refractivity contribution in [2.24, 2.45) is 11.3 Å². The van der Waals surface area contributed by atoms with Gasteiger partial charge in [-0.1, -0.05) is 45.0 Å². The van der Waals surface area contributed by atoms with E-state index in [-0.39, 0.29) is 34.7 Å². The van der Waals surface area contributed by atoms with E-state index in [1.807, 2.05) is 30.0 Å².